The van der Waals surface area contributed by atoms with Gasteiger partial charge < -0.3 is 15.7 Å². The zero-order valence-corrected chi connectivity index (χ0v) is 13.0. The minimum atomic E-state index is -1.11. The molecule has 0 aliphatic heterocycles. The number of nitrogens with one attached hydrogen (secondary N) is 2. The number of carbonyl (C=O) groups excluding carboxylic acids is 1. The predicted octanol–water partition coefficient (Wildman–Crippen LogP) is 3.50. The second kappa shape index (κ2) is 7.81. The van der Waals surface area contributed by atoms with Gasteiger partial charge in [0.1, 0.15) is 11.6 Å². The third-order valence-electron chi connectivity index (χ3n) is 2.94. The molecule has 0 bridgehead atoms. The first-order chi connectivity index (χ1) is 11.5. The van der Waals surface area contributed by atoms with Gasteiger partial charge in [0.2, 0.25) is 0 Å². The van der Waals surface area contributed by atoms with Gasteiger partial charge in [-0.3, -0.25) is 4.79 Å². The Balaban J connectivity index is 2.11. The van der Waals surface area contributed by atoms with E-state index in [1.807, 2.05) is 0 Å². The maximum absolute atomic E-state index is 12.1. The summed E-state index contributed by atoms with van der Waals surface area (Å²) in [5, 5.41) is 23.8. The van der Waals surface area contributed by atoms with E-state index < -0.39 is 11.9 Å². The number of carboxylic acid groups (broad SMARTS) is 1. The number of nitriles is 1. The van der Waals surface area contributed by atoms with Crippen LogP contribution in [0.1, 0.15) is 10.4 Å². The van der Waals surface area contributed by atoms with E-state index in [1.165, 1.54) is 30.5 Å². The second-order valence-corrected chi connectivity index (χ2v) is 5.10. The minimum absolute atomic E-state index is 0.0346. The Morgan fingerprint density at radius 3 is 2.50 bits per heavy atom. The quantitative estimate of drug-likeness (QED) is 0.570. The van der Waals surface area contributed by atoms with Crippen LogP contribution in [0, 0.1) is 11.3 Å². The number of hydrogen-bond acceptors (Lipinski definition) is 4. The van der Waals surface area contributed by atoms with E-state index in [4.69, 9.17) is 22.0 Å². The molecule has 2 rings (SSSR count). The largest absolute Gasteiger partial charge is 0.478 e. The Labute approximate surface area is 143 Å². The van der Waals surface area contributed by atoms with Gasteiger partial charge in [-0.2, -0.15) is 5.26 Å². The number of anilines is 2. The van der Waals surface area contributed by atoms with Crippen LogP contribution in [0.5, 0.6) is 0 Å². The second-order valence-electron chi connectivity index (χ2n) is 4.66. The molecule has 24 heavy (non-hydrogen) atoms. The standard InChI is InChI=1S/C17H12ClN3O3/c18-13-4-2-5-14(8-13)20-10-12(9-19)16(22)21-15-6-1-3-11(7-15)17(23)24/h1-8,10,20H,(H,21,22)(H,23,24)/b12-10-. The number of hydrogen-bond donors (Lipinski definition) is 3. The van der Waals surface area contributed by atoms with E-state index >= 15 is 0 Å². The molecule has 1 amide bonds. The van der Waals surface area contributed by atoms with E-state index in [1.54, 1.807) is 30.3 Å². The molecule has 0 saturated carbocycles. The van der Waals surface area contributed by atoms with Crippen LogP contribution in [0.3, 0.4) is 0 Å². The minimum Gasteiger partial charge on any atom is -0.478 e. The van der Waals surface area contributed by atoms with Crippen molar-refractivity contribution in [3.8, 4) is 6.07 Å². The van der Waals surface area contributed by atoms with Gasteiger partial charge in [0.15, 0.2) is 0 Å². The monoisotopic (exact) mass is 341 g/mol. The van der Waals surface area contributed by atoms with Crippen molar-refractivity contribution in [3.05, 3.63) is 70.9 Å². The average Bonchev–Trinajstić information content (AvgIpc) is 2.55. The van der Waals surface area contributed by atoms with Crippen LogP contribution < -0.4 is 10.6 Å². The summed E-state index contributed by atoms with van der Waals surface area (Å²) < 4.78 is 0. The Morgan fingerprint density at radius 1 is 1.12 bits per heavy atom. The lowest BCUT2D eigenvalue weighted by atomic mass is 10.2. The first-order valence-corrected chi connectivity index (χ1v) is 7.14. The van der Waals surface area contributed by atoms with E-state index in [2.05, 4.69) is 10.6 Å². The molecule has 6 nitrogen and oxygen atoms in total. The molecule has 0 atom stereocenters. The Bertz CT molecular complexity index is 856. The third kappa shape index (κ3) is 4.60. The van der Waals surface area contributed by atoms with Crippen LogP contribution in [0.15, 0.2) is 60.3 Å². The number of nitrogens with zero attached hydrogens (tertiary/aromatic N) is 1. The van der Waals surface area contributed by atoms with Crippen LogP contribution in [-0.2, 0) is 4.79 Å². The summed E-state index contributed by atoms with van der Waals surface area (Å²) in [6, 6.07) is 14.3. The number of carbonyl (C=O) groups is 2. The Morgan fingerprint density at radius 2 is 1.83 bits per heavy atom. The molecule has 2 aromatic carbocycles. The first kappa shape index (κ1) is 17.1. The molecule has 0 aliphatic carbocycles. The smallest absolute Gasteiger partial charge is 0.335 e. The highest BCUT2D eigenvalue weighted by Crippen LogP contribution is 2.16. The summed E-state index contributed by atoms with van der Waals surface area (Å²) in [7, 11) is 0. The van der Waals surface area contributed by atoms with Gasteiger partial charge in [0.25, 0.3) is 5.91 Å². The van der Waals surface area contributed by atoms with Crippen LogP contribution in [0.25, 0.3) is 0 Å². The van der Waals surface area contributed by atoms with Gasteiger partial charge in [-0.1, -0.05) is 23.7 Å². The molecule has 3 N–H and O–H groups in total. The van der Waals surface area contributed by atoms with Crippen molar-refractivity contribution in [1.29, 1.82) is 5.26 Å². The fourth-order valence-corrected chi connectivity index (χ4v) is 2.00. The number of benzene rings is 2. The van der Waals surface area contributed by atoms with Gasteiger partial charge in [0.05, 0.1) is 5.56 Å². The van der Waals surface area contributed by atoms with Crippen LogP contribution >= 0.6 is 11.6 Å². The van der Waals surface area contributed by atoms with Crippen molar-refractivity contribution >= 4 is 34.9 Å². The molecule has 0 fully saturated rings. The van der Waals surface area contributed by atoms with Gasteiger partial charge in [-0.05, 0) is 36.4 Å². The van der Waals surface area contributed by atoms with Gasteiger partial charge in [-0.25, -0.2) is 4.79 Å². The maximum Gasteiger partial charge on any atom is 0.335 e. The van der Waals surface area contributed by atoms with Crippen molar-refractivity contribution < 1.29 is 14.7 Å². The van der Waals surface area contributed by atoms with Gasteiger partial charge in [-0.15, -0.1) is 0 Å². The highest BCUT2D eigenvalue weighted by Gasteiger charge is 2.11. The van der Waals surface area contributed by atoms with Crippen molar-refractivity contribution in [3.63, 3.8) is 0 Å². The number of halogens is 1. The molecule has 0 aromatic heterocycles. The maximum atomic E-state index is 12.1. The highest BCUT2D eigenvalue weighted by atomic mass is 35.5. The van der Waals surface area contributed by atoms with Crippen molar-refractivity contribution in [2.24, 2.45) is 0 Å². The molecule has 2 aromatic rings. The molecule has 7 heteroatoms. The van der Waals surface area contributed by atoms with Crippen molar-refractivity contribution in [2.75, 3.05) is 10.6 Å². The molecule has 0 spiro atoms. The number of amides is 1. The summed E-state index contributed by atoms with van der Waals surface area (Å²) in [5.74, 6) is -1.76. The Kier molecular flexibility index (Phi) is 5.55. The van der Waals surface area contributed by atoms with Crippen molar-refractivity contribution in [2.45, 2.75) is 0 Å². The van der Waals surface area contributed by atoms with E-state index in [9.17, 15) is 9.59 Å². The predicted molar refractivity (Wildman–Crippen MR) is 90.8 cm³/mol. The van der Waals surface area contributed by atoms with E-state index in [0.717, 1.165) is 0 Å². The topological polar surface area (TPSA) is 102 Å². The van der Waals surface area contributed by atoms with Gasteiger partial charge in [0, 0.05) is 22.6 Å². The average molecular weight is 342 g/mol. The summed E-state index contributed by atoms with van der Waals surface area (Å²) in [6.07, 6.45) is 1.25. The molecular weight excluding hydrogens is 330 g/mol. The summed E-state index contributed by atoms with van der Waals surface area (Å²) in [6.45, 7) is 0. The zero-order valence-electron chi connectivity index (χ0n) is 12.3. The molecular formula is C17H12ClN3O3. The SMILES string of the molecule is N#C/C(=C/Nc1cccc(Cl)c1)C(=O)Nc1cccc(C(=O)O)c1. The highest BCUT2D eigenvalue weighted by molar-refractivity contribution is 6.30. The number of rotatable bonds is 5. The Hall–Kier alpha value is -3.30. The van der Waals surface area contributed by atoms with E-state index in [-0.39, 0.29) is 16.8 Å². The number of carboxylic acids is 1. The zero-order chi connectivity index (χ0) is 17.5. The summed E-state index contributed by atoms with van der Waals surface area (Å²) in [5.41, 5.74) is 0.766. The molecule has 120 valence electrons. The molecule has 0 unspecified atom stereocenters. The molecule has 0 saturated heterocycles. The van der Waals surface area contributed by atoms with E-state index in [0.29, 0.717) is 10.7 Å². The normalized spacial score (nSPS) is 10.6. The fourth-order valence-electron chi connectivity index (χ4n) is 1.81. The molecule has 0 radical (unpaired) electrons. The lowest BCUT2D eigenvalue weighted by Crippen LogP contribution is -2.15. The first-order valence-electron chi connectivity index (χ1n) is 6.76. The lowest BCUT2D eigenvalue weighted by Gasteiger charge is -2.06. The summed E-state index contributed by atoms with van der Waals surface area (Å²) >= 11 is 5.85. The van der Waals surface area contributed by atoms with Gasteiger partial charge >= 0.3 is 5.97 Å². The fraction of sp³-hybridized carbons (Fsp3) is 0. The van der Waals surface area contributed by atoms with Crippen molar-refractivity contribution in [1.82, 2.24) is 0 Å². The van der Waals surface area contributed by atoms with Crippen LogP contribution in [0.4, 0.5) is 11.4 Å². The number of aromatic carboxylic acids is 1. The van der Waals surface area contributed by atoms with Crippen LogP contribution in [0.2, 0.25) is 5.02 Å². The van der Waals surface area contributed by atoms with Crippen LogP contribution in [-0.4, -0.2) is 17.0 Å². The summed E-state index contributed by atoms with van der Waals surface area (Å²) in [4.78, 5) is 23.0. The molecule has 0 heterocycles. The molecule has 0 aliphatic rings. The third-order valence-corrected chi connectivity index (χ3v) is 3.18. The lowest BCUT2D eigenvalue weighted by molar-refractivity contribution is -0.112.